The van der Waals surface area contributed by atoms with E-state index in [1.54, 1.807) is 18.2 Å². The van der Waals surface area contributed by atoms with Crippen LogP contribution in [0.15, 0.2) is 31.4 Å². The Morgan fingerprint density at radius 3 is 2.64 bits per heavy atom. The highest BCUT2D eigenvalue weighted by atomic mass is 16.3. The average Bonchev–Trinajstić information content (AvgIpc) is 2.04. The topological polar surface area (TPSA) is 20.2 Å². The fraction of sp³-hybridized carbons (Fsp3) is 0. The molecule has 0 atom stereocenters. The third-order valence-corrected chi connectivity index (χ3v) is 1.48. The van der Waals surface area contributed by atoms with E-state index in [0.29, 0.717) is 5.56 Å². The maximum atomic E-state index is 9.28. The third-order valence-electron chi connectivity index (χ3n) is 1.48. The molecule has 0 aromatic heterocycles. The van der Waals surface area contributed by atoms with Gasteiger partial charge in [-0.15, -0.1) is 0 Å². The predicted octanol–water partition coefficient (Wildman–Crippen LogP) is 2.37. The van der Waals surface area contributed by atoms with Crippen molar-refractivity contribution in [1.29, 1.82) is 0 Å². The molecule has 1 rings (SSSR count). The molecule has 11 heavy (non-hydrogen) atoms. The normalized spacial score (nSPS) is 9.09. The van der Waals surface area contributed by atoms with Crippen LogP contribution in [0.3, 0.4) is 0 Å². The monoisotopic (exact) mass is 145 g/mol. The van der Waals surface area contributed by atoms with Crippen molar-refractivity contribution in [3.63, 3.8) is 0 Å². The second-order valence-corrected chi connectivity index (χ2v) is 2.12. The number of rotatable bonds is 2. The first-order chi connectivity index (χ1) is 5.29. The first-order valence-electron chi connectivity index (χ1n) is 3.27. The van der Waals surface area contributed by atoms with Crippen LogP contribution in [0.5, 0.6) is 5.75 Å². The summed E-state index contributed by atoms with van der Waals surface area (Å²) < 4.78 is 0. The Morgan fingerprint density at radius 2 is 2.18 bits per heavy atom. The quantitative estimate of drug-likeness (QED) is 0.677. The number of phenols is 1. The molecule has 0 aliphatic heterocycles. The lowest BCUT2D eigenvalue weighted by Gasteiger charge is -2.01. The van der Waals surface area contributed by atoms with Gasteiger partial charge >= 0.3 is 0 Å². The van der Waals surface area contributed by atoms with Gasteiger partial charge in [-0.25, -0.2) is 0 Å². The van der Waals surface area contributed by atoms with E-state index < -0.39 is 0 Å². The van der Waals surface area contributed by atoms with Gasteiger partial charge in [-0.1, -0.05) is 31.4 Å². The van der Waals surface area contributed by atoms with Crippen molar-refractivity contribution in [2.45, 2.75) is 0 Å². The van der Waals surface area contributed by atoms with Crippen molar-refractivity contribution in [1.82, 2.24) is 0 Å². The lowest BCUT2D eigenvalue weighted by Crippen LogP contribution is -1.80. The number of benzene rings is 1. The second-order valence-electron chi connectivity index (χ2n) is 2.12. The van der Waals surface area contributed by atoms with Crippen LogP contribution in [-0.4, -0.2) is 5.11 Å². The Balaban J connectivity index is 3.35. The van der Waals surface area contributed by atoms with Crippen LogP contribution in [0.1, 0.15) is 11.1 Å². The molecule has 1 radical (unpaired) electrons. The largest absolute Gasteiger partial charge is 0.507 e. The van der Waals surface area contributed by atoms with Crippen molar-refractivity contribution in [2.24, 2.45) is 0 Å². The van der Waals surface area contributed by atoms with Crippen LogP contribution in [-0.2, 0) is 0 Å². The molecule has 0 heterocycles. The molecule has 0 saturated heterocycles. The Morgan fingerprint density at radius 1 is 1.45 bits per heavy atom. The summed E-state index contributed by atoms with van der Waals surface area (Å²) in [5.74, 6) is 0.216. The van der Waals surface area contributed by atoms with Crippen LogP contribution >= 0.6 is 0 Å². The van der Waals surface area contributed by atoms with Crippen LogP contribution < -0.4 is 0 Å². The molecule has 0 aliphatic carbocycles. The minimum Gasteiger partial charge on any atom is -0.507 e. The average molecular weight is 145 g/mol. The van der Waals surface area contributed by atoms with Gasteiger partial charge in [-0.3, -0.25) is 0 Å². The molecule has 1 heteroatoms. The molecule has 0 amide bonds. The van der Waals surface area contributed by atoms with Crippen molar-refractivity contribution >= 4 is 6.08 Å². The van der Waals surface area contributed by atoms with Crippen LogP contribution in [0.2, 0.25) is 0 Å². The summed E-state index contributed by atoms with van der Waals surface area (Å²) in [4.78, 5) is 0. The van der Waals surface area contributed by atoms with Gasteiger partial charge in [0.1, 0.15) is 5.75 Å². The number of hydrogen-bond donors (Lipinski definition) is 1. The lowest BCUT2D eigenvalue weighted by atomic mass is 10.1. The van der Waals surface area contributed by atoms with Gasteiger partial charge in [0.05, 0.1) is 0 Å². The molecule has 1 N–H and O–H groups in total. The zero-order valence-corrected chi connectivity index (χ0v) is 6.17. The third kappa shape index (κ3) is 1.32. The van der Waals surface area contributed by atoms with E-state index in [-0.39, 0.29) is 5.75 Å². The van der Waals surface area contributed by atoms with Gasteiger partial charge in [0.2, 0.25) is 0 Å². The molecule has 0 bridgehead atoms. The summed E-state index contributed by atoms with van der Waals surface area (Å²) in [6.45, 7) is 7.07. The van der Waals surface area contributed by atoms with E-state index in [1.165, 1.54) is 0 Å². The fourth-order valence-electron chi connectivity index (χ4n) is 0.922. The highest BCUT2D eigenvalue weighted by molar-refractivity contribution is 5.60. The van der Waals surface area contributed by atoms with Gasteiger partial charge in [-0.05, 0) is 17.7 Å². The molecule has 1 aromatic carbocycles. The summed E-state index contributed by atoms with van der Waals surface area (Å²) in [6.07, 6.45) is 4.29. The van der Waals surface area contributed by atoms with E-state index in [1.807, 2.05) is 6.07 Å². The van der Waals surface area contributed by atoms with Gasteiger partial charge in [-0.2, -0.15) is 0 Å². The van der Waals surface area contributed by atoms with Crippen LogP contribution in [0, 0.1) is 6.08 Å². The standard InChI is InChI=1S/C10H9O/c1-3-8-6-5-7-10(11)9(8)4-2/h4-7,11H,1-2H2. The first kappa shape index (κ1) is 7.61. The van der Waals surface area contributed by atoms with Gasteiger partial charge in [0.25, 0.3) is 0 Å². The van der Waals surface area contributed by atoms with Crippen molar-refractivity contribution in [3.05, 3.63) is 48.6 Å². The fourth-order valence-corrected chi connectivity index (χ4v) is 0.922. The van der Waals surface area contributed by atoms with Crippen LogP contribution in [0.4, 0.5) is 0 Å². The number of hydrogen-bond acceptors (Lipinski definition) is 1. The summed E-state index contributed by atoms with van der Waals surface area (Å²) in [6, 6.07) is 5.18. The SMILES string of the molecule is C=[C]c1cccc(O)c1C=C. The zero-order valence-electron chi connectivity index (χ0n) is 6.17. The van der Waals surface area contributed by atoms with E-state index in [0.717, 1.165) is 5.56 Å². The molecule has 55 valence electrons. The molecular weight excluding hydrogens is 136 g/mol. The van der Waals surface area contributed by atoms with Crippen LogP contribution in [0.25, 0.3) is 6.08 Å². The van der Waals surface area contributed by atoms with Gasteiger partial charge in [0.15, 0.2) is 0 Å². The van der Waals surface area contributed by atoms with Gasteiger partial charge in [0, 0.05) is 5.56 Å². The van der Waals surface area contributed by atoms with E-state index >= 15 is 0 Å². The minimum atomic E-state index is 0.216. The summed E-state index contributed by atoms with van der Waals surface area (Å²) in [7, 11) is 0. The molecule has 0 unspecified atom stereocenters. The maximum Gasteiger partial charge on any atom is 0.123 e. The minimum absolute atomic E-state index is 0.216. The Hall–Kier alpha value is -1.50. The van der Waals surface area contributed by atoms with Crippen molar-refractivity contribution < 1.29 is 5.11 Å². The molecule has 0 saturated carbocycles. The van der Waals surface area contributed by atoms with Crippen molar-refractivity contribution in [2.75, 3.05) is 0 Å². The second kappa shape index (κ2) is 3.06. The Labute approximate surface area is 66.3 Å². The molecule has 0 aliphatic rings. The van der Waals surface area contributed by atoms with E-state index in [9.17, 15) is 5.11 Å². The first-order valence-corrected chi connectivity index (χ1v) is 3.27. The smallest absolute Gasteiger partial charge is 0.123 e. The molecular formula is C10H9O. The molecule has 0 spiro atoms. The van der Waals surface area contributed by atoms with E-state index in [4.69, 9.17) is 0 Å². The number of aromatic hydroxyl groups is 1. The van der Waals surface area contributed by atoms with Crippen molar-refractivity contribution in [3.8, 4) is 5.75 Å². The molecule has 1 aromatic rings. The van der Waals surface area contributed by atoms with E-state index in [2.05, 4.69) is 19.2 Å². The zero-order chi connectivity index (χ0) is 8.27. The molecule has 0 fully saturated rings. The highest BCUT2D eigenvalue weighted by Crippen LogP contribution is 2.21. The predicted molar refractivity (Wildman–Crippen MR) is 46.2 cm³/mol. The summed E-state index contributed by atoms with van der Waals surface area (Å²) in [5, 5.41) is 9.28. The molecule has 1 nitrogen and oxygen atoms in total. The Kier molecular flexibility index (Phi) is 2.12. The Bertz CT molecular complexity index is 287. The highest BCUT2D eigenvalue weighted by Gasteiger charge is 1.99. The lowest BCUT2D eigenvalue weighted by molar-refractivity contribution is 0.474. The maximum absolute atomic E-state index is 9.28. The summed E-state index contributed by atoms with van der Waals surface area (Å²) >= 11 is 0. The summed E-state index contributed by atoms with van der Waals surface area (Å²) in [5.41, 5.74) is 1.46. The number of phenolic OH excluding ortho intramolecular Hbond substituents is 1. The van der Waals surface area contributed by atoms with Gasteiger partial charge < -0.3 is 5.11 Å².